The lowest BCUT2D eigenvalue weighted by Gasteiger charge is -2.39. The Balaban J connectivity index is 1.49. The van der Waals surface area contributed by atoms with Gasteiger partial charge in [-0.05, 0) is 42.0 Å². The van der Waals surface area contributed by atoms with Crippen LogP contribution >= 0.6 is 0 Å². The van der Waals surface area contributed by atoms with Gasteiger partial charge in [0, 0.05) is 35.7 Å². The summed E-state index contributed by atoms with van der Waals surface area (Å²) in [4.78, 5) is 26.8. The molecule has 1 N–H and O–H groups in total. The van der Waals surface area contributed by atoms with Gasteiger partial charge < -0.3 is 19.5 Å². The molecule has 0 unspecified atom stereocenters. The smallest absolute Gasteiger partial charge is 0.336 e. The summed E-state index contributed by atoms with van der Waals surface area (Å²) in [6, 6.07) is 15.5. The van der Waals surface area contributed by atoms with Crippen molar-refractivity contribution in [2.45, 2.75) is 46.0 Å². The first kappa shape index (κ1) is 22.3. The maximum atomic E-state index is 13.4. The molecular weight excluding hydrogens is 430 g/mol. The van der Waals surface area contributed by atoms with Gasteiger partial charge in [0.05, 0.1) is 12.2 Å². The average Bonchev–Trinajstić information content (AvgIpc) is 3.26. The quantitative estimate of drug-likeness (QED) is 0.647. The number of carbonyl (C=O) groups is 2. The van der Waals surface area contributed by atoms with E-state index in [9.17, 15) is 9.59 Å². The van der Waals surface area contributed by atoms with Crippen molar-refractivity contribution in [2.75, 3.05) is 13.4 Å². The number of Topliss-reactive ketones (excluding diaryl/α,β-unsaturated/α-hetero) is 1. The Bertz CT molecular complexity index is 1210. The minimum Gasteiger partial charge on any atom is -0.462 e. The van der Waals surface area contributed by atoms with Crippen LogP contribution < -0.4 is 14.8 Å². The number of esters is 1. The lowest BCUT2D eigenvalue weighted by atomic mass is 9.68. The molecule has 2 aromatic carbocycles. The van der Waals surface area contributed by atoms with E-state index in [-0.39, 0.29) is 24.6 Å². The van der Waals surface area contributed by atoms with Gasteiger partial charge in [-0.3, -0.25) is 4.79 Å². The van der Waals surface area contributed by atoms with E-state index in [0.29, 0.717) is 35.5 Å². The van der Waals surface area contributed by atoms with Crippen molar-refractivity contribution in [1.29, 1.82) is 0 Å². The number of ketones is 1. The van der Waals surface area contributed by atoms with Crippen LogP contribution in [0.4, 0.5) is 0 Å². The lowest BCUT2D eigenvalue weighted by molar-refractivity contribution is -0.139. The first-order chi connectivity index (χ1) is 16.3. The van der Waals surface area contributed by atoms with Gasteiger partial charge in [-0.2, -0.15) is 0 Å². The van der Waals surface area contributed by atoms with Gasteiger partial charge in [0.1, 0.15) is 0 Å². The van der Waals surface area contributed by atoms with Gasteiger partial charge in [-0.25, -0.2) is 4.79 Å². The van der Waals surface area contributed by atoms with Crippen molar-refractivity contribution in [3.05, 3.63) is 82.2 Å². The fraction of sp³-hybridized carbons (Fsp3) is 0.357. The third kappa shape index (κ3) is 4.20. The Morgan fingerprint density at radius 1 is 1.09 bits per heavy atom. The highest BCUT2D eigenvalue weighted by Crippen LogP contribution is 2.48. The molecule has 2 aliphatic heterocycles. The molecule has 3 aliphatic rings. The summed E-state index contributed by atoms with van der Waals surface area (Å²) in [6.07, 6.45) is 1.80. The number of ether oxygens (including phenoxy) is 3. The Labute approximate surface area is 199 Å². The summed E-state index contributed by atoms with van der Waals surface area (Å²) in [5, 5.41) is 3.38. The number of dihydropyridines is 1. The van der Waals surface area contributed by atoms with Crippen LogP contribution in [0.5, 0.6) is 11.5 Å². The number of benzene rings is 2. The third-order valence-corrected chi connectivity index (χ3v) is 6.66. The van der Waals surface area contributed by atoms with E-state index >= 15 is 0 Å². The monoisotopic (exact) mass is 459 g/mol. The highest BCUT2D eigenvalue weighted by molar-refractivity contribution is 6.04. The molecule has 1 aliphatic carbocycles. The van der Waals surface area contributed by atoms with E-state index in [1.54, 1.807) is 0 Å². The number of rotatable bonds is 5. The van der Waals surface area contributed by atoms with E-state index in [1.807, 2.05) is 55.5 Å². The zero-order chi connectivity index (χ0) is 23.9. The molecule has 0 saturated carbocycles. The van der Waals surface area contributed by atoms with Crippen molar-refractivity contribution in [1.82, 2.24) is 5.32 Å². The Hall–Kier alpha value is -3.54. The second-order valence-corrected chi connectivity index (χ2v) is 9.91. The molecule has 1 atom stereocenters. The van der Waals surface area contributed by atoms with E-state index in [4.69, 9.17) is 14.2 Å². The van der Waals surface area contributed by atoms with Crippen LogP contribution in [0.15, 0.2) is 71.1 Å². The average molecular weight is 460 g/mol. The number of hydrogen-bond donors (Lipinski definition) is 1. The highest BCUT2D eigenvalue weighted by atomic mass is 16.7. The van der Waals surface area contributed by atoms with Gasteiger partial charge in [-0.15, -0.1) is 0 Å². The van der Waals surface area contributed by atoms with Gasteiger partial charge in [-0.1, -0.05) is 50.2 Å². The summed E-state index contributed by atoms with van der Waals surface area (Å²) < 4.78 is 16.8. The molecule has 0 bridgehead atoms. The minimum atomic E-state index is -0.515. The molecule has 0 aromatic heterocycles. The summed E-state index contributed by atoms with van der Waals surface area (Å²) in [7, 11) is 0. The van der Waals surface area contributed by atoms with Crippen molar-refractivity contribution in [3.63, 3.8) is 0 Å². The summed E-state index contributed by atoms with van der Waals surface area (Å²) in [6.45, 7) is 6.50. The van der Waals surface area contributed by atoms with E-state index in [0.717, 1.165) is 28.9 Å². The first-order valence-corrected chi connectivity index (χ1v) is 11.7. The summed E-state index contributed by atoms with van der Waals surface area (Å²) in [5.41, 5.74) is 4.51. The van der Waals surface area contributed by atoms with Crippen LogP contribution in [0.3, 0.4) is 0 Å². The van der Waals surface area contributed by atoms with Crippen LogP contribution in [0, 0.1) is 5.41 Å². The van der Waals surface area contributed by atoms with Gasteiger partial charge >= 0.3 is 5.97 Å². The predicted molar refractivity (Wildman–Crippen MR) is 127 cm³/mol. The van der Waals surface area contributed by atoms with Gasteiger partial charge in [0.2, 0.25) is 6.79 Å². The molecule has 0 radical (unpaired) electrons. The number of carbonyl (C=O) groups excluding carboxylic acids is 2. The molecule has 5 rings (SSSR count). The van der Waals surface area contributed by atoms with E-state index in [1.165, 1.54) is 0 Å². The molecule has 176 valence electrons. The largest absolute Gasteiger partial charge is 0.462 e. The van der Waals surface area contributed by atoms with E-state index in [2.05, 4.69) is 19.2 Å². The van der Waals surface area contributed by atoms with Crippen molar-refractivity contribution < 1.29 is 23.8 Å². The normalized spacial score (nSPS) is 20.7. The van der Waals surface area contributed by atoms with Crippen LogP contribution in [-0.2, 0) is 20.7 Å². The zero-order valence-corrected chi connectivity index (χ0v) is 19.8. The number of nitrogens with one attached hydrogen (secondary N) is 1. The Morgan fingerprint density at radius 2 is 1.85 bits per heavy atom. The molecule has 2 aromatic rings. The zero-order valence-electron chi connectivity index (χ0n) is 19.8. The van der Waals surface area contributed by atoms with Crippen LogP contribution in [0.2, 0.25) is 0 Å². The molecule has 0 spiro atoms. The molecule has 6 heteroatoms. The first-order valence-electron chi connectivity index (χ1n) is 11.7. The standard InChI is InChI=1S/C28H29NO5/c1-17-24(27(31)32-12-11-18-7-5-4-6-8-18)25(19-9-10-22-23(13-19)34-16-33-22)26-20(29-17)14-28(2,3)15-21(26)30/h4-10,13,25,29H,11-12,14-16H2,1-3H3/t25-/m0/s1. The van der Waals surface area contributed by atoms with Crippen molar-refractivity contribution >= 4 is 11.8 Å². The molecule has 0 fully saturated rings. The Kier molecular flexibility index (Phi) is 5.68. The second kappa shape index (κ2) is 8.67. The van der Waals surface area contributed by atoms with Gasteiger partial charge in [0.15, 0.2) is 17.3 Å². The SMILES string of the molecule is CC1=C(C(=O)OCCc2ccccc2)[C@H](c2ccc3c(c2)OCO3)C2=C(CC(C)(C)CC2=O)N1. The van der Waals surface area contributed by atoms with Crippen molar-refractivity contribution in [3.8, 4) is 11.5 Å². The number of fused-ring (bicyclic) bond motifs is 1. The second-order valence-electron chi connectivity index (χ2n) is 9.91. The van der Waals surface area contributed by atoms with Crippen LogP contribution in [-0.4, -0.2) is 25.2 Å². The molecule has 0 amide bonds. The fourth-order valence-corrected chi connectivity index (χ4v) is 5.12. The maximum absolute atomic E-state index is 13.4. The fourth-order valence-electron chi connectivity index (χ4n) is 5.12. The Morgan fingerprint density at radius 3 is 2.65 bits per heavy atom. The van der Waals surface area contributed by atoms with Crippen LogP contribution in [0.25, 0.3) is 0 Å². The molecule has 0 saturated heterocycles. The van der Waals surface area contributed by atoms with E-state index < -0.39 is 11.9 Å². The topological polar surface area (TPSA) is 73.9 Å². The number of allylic oxidation sites excluding steroid dienone is 3. The molecule has 2 heterocycles. The molecule has 6 nitrogen and oxygen atoms in total. The molecular formula is C28H29NO5. The van der Waals surface area contributed by atoms with Crippen LogP contribution in [0.1, 0.15) is 50.7 Å². The lowest BCUT2D eigenvalue weighted by Crippen LogP contribution is -2.38. The third-order valence-electron chi connectivity index (χ3n) is 6.66. The highest BCUT2D eigenvalue weighted by Gasteiger charge is 2.43. The number of hydrogen-bond acceptors (Lipinski definition) is 6. The predicted octanol–water partition coefficient (Wildman–Crippen LogP) is 4.81. The summed E-state index contributed by atoms with van der Waals surface area (Å²) >= 11 is 0. The molecule has 34 heavy (non-hydrogen) atoms. The maximum Gasteiger partial charge on any atom is 0.336 e. The van der Waals surface area contributed by atoms with Crippen molar-refractivity contribution in [2.24, 2.45) is 5.41 Å². The summed E-state index contributed by atoms with van der Waals surface area (Å²) in [5.74, 6) is 0.418. The minimum absolute atomic E-state index is 0.0588. The van der Waals surface area contributed by atoms with Gasteiger partial charge in [0.25, 0.3) is 0 Å².